The zero-order valence-electron chi connectivity index (χ0n) is 7.69. The van der Waals surface area contributed by atoms with Crippen molar-refractivity contribution < 1.29 is 14.5 Å². The minimum absolute atomic E-state index is 0.0162. The van der Waals surface area contributed by atoms with Gasteiger partial charge in [0.2, 0.25) is 0 Å². The summed E-state index contributed by atoms with van der Waals surface area (Å²) in [5.41, 5.74) is -0.240. The number of benzene rings is 1. The van der Waals surface area contributed by atoms with Crippen molar-refractivity contribution in [3.05, 3.63) is 37.8 Å². The van der Waals surface area contributed by atoms with Crippen molar-refractivity contribution in [3.63, 3.8) is 0 Å². The van der Waals surface area contributed by atoms with E-state index in [0.717, 1.165) is 0 Å². The first-order chi connectivity index (χ1) is 6.99. The van der Waals surface area contributed by atoms with Crippen molar-refractivity contribution in [2.75, 3.05) is 0 Å². The number of rotatable bonds is 3. The molecule has 0 aromatic heterocycles. The second-order valence-electron chi connectivity index (χ2n) is 2.80. The Kier molecular flexibility index (Phi) is 3.31. The summed E-state index contributed by atoms with van der Waals surface area (Å²) in [5, 5.41) is 10.7. The van der Waals surface area contributed by atoms with Crippen LogP contribution in [0, 0.1) is 10.1 Å². The number of carbonyl (C=O) groups excluding carboxylic acids is 2. The molecule has 0 fully saturated rings. The van der Waals surface area contributed by atoms with Crippen LogP contribution in [0.1, 0.15) is 27.6 Å². The minimum atomic E-state index is -0.687. The second-order valence-corrected chi connectivity index (χ2v) is 3.59. The summed E-state index contributed by atoms with van der Waals surface area (Å²) in [4.78, 5) is 31.7. The van der Waals surface area contributed by atoms with Gasteiger partial charge in [0.15, 0.2) is 12.1 Å². The van der Waals surface area contributed by atoms with Crippen molar-refractivity contribution in [2.45, 2.75) is 6.92 Å². The summed E-state index contributed by atoms with van der Waals surface area (Å²) in [5.74, 6) is -0.417. The molecule has 0 saturated heterocycles. The predicted octanol–water partition coefficient (Wildman–Crippen LogP) is 2.37. The summed E-state index contributed by atoms with van der Waals surface area (Å²) in [6.45, 7) is 1.23. The molecule has 0 spiro atoms. The van der Waals surface area contributed by atoms with Gasteiger partial charge in [-0.1, -0.05) is 0 Å². The van der Waals surface area contributed by atoms with Gasteiger partial charge in [0.05, 0.1) is 10.5 Å². The Bertz CT molecular complexity index is 456. The number of Topliss-reactive ketones (excluding diaryl/α,β-unsaturated/α-hetero) is 1. The maximum Gasteiger partial charge on any atom is 0.294 e. The fraction of sp³-hybridized carbons (Fsp3) is 0.111. The van der Waals surface area contributed by atoms with E-state index in [1.165, 1.54) is 19.1 Å². The van der Waals surface area contributed by atoms with E-state index in [1.54, 1.807) is 0 Å². The first-order valence-electron chi connectivity index (χ1n) is 3.92. The Hall–Kier alpha value is -1.56. The lowest BCUT2D eigenvalue weighted by Crippen LogP contribution is -2.02. The summed E-state index contributed by atoms with van der Waals surface area (Å²) in [6, 6.07) is 2.63. The Morgan fingerprint density at radius 2 is 2.13 bits per heavy atom. The van der Waals surface area contributed by atoms with Gasteiger partial charge in [0.25, 0.3) is 5.69 Å². The van der Waals surface area contributed by atoms with Crippen LogP contribution < -0.4 is 0 Å². The van der Waals surface area contributed by atoms with Gasteiger partial charge in [0.1, 0.15) is 4.47 Å². The SMILES string of the molecule is CC(=O)c1ccc(C=O)c(Br)c1[N+](=O)[O-]. The van der Waals surface area contributed by atoms with Crippen LogP contribution >= 0.6 is 15.9 Å². The van der Waals surface area contributed by atoms with Crippen LogP contribution in [-0.4, -0.2) is 17.0 Å². The van der Waals surface area contributed by atoms with Crippen LogP contribution in [0.3, 0.4) is 0 Å². The van der Waals surface area contributed by atoms with E-state index >= 15 is 0 Å². The molecule has 0 aliphatic rings. The number of nitrogens with zero attached hydrogens (tertiary/aromatic N) is 1. The summed E-state index contributed by atoms with van der Waals surface area (Å²) in [7, 11) is 0. The van der Waals surface area contributed by atoms with Gasteiger partial charge in [-0.3, -0.25) is 19.7 Å². The molecule has 5 nitrogen and oxygen atoms in total. The lowest BCUT2D eigenvalue weighted by atomic mass is 10.1. The molecule has 0 N–H and O–H groups in total. The Morgan fingerprint density at radius 1 is 1.53 bits per heavy atom. The molecule has 1 aromatic carbocycles. The lowest BCUT2D eigenvalue weighted by molar-refractivity contribution is -0.385. The van der Waals surface area contributed by atoms with Crippen molar-refractivity contribution in [1.82, 2.24) is 0 Å². The van der Waals surface area contributed by atoms with E-state index in [4.69, 9.17) is 0 Å². The number of hydrogen-bond donors (Lipinski definition) is 0. The molecule has 1 rings (SSSR count). The van der Waals surface area contributed by atoms with Crippen molar-refractivity contribution in [2.24, 2.45) is 0 Å². The number of nitro benzene ring substituents is 1. The highest BCUT2D eigenvalue weighted by Crippen LogP contribution is 2.31. The second kappa shape index (κ2) is 4.31. The number of hydrogen-bond acceptors (Lipinski definition) is 4. The smallest absolute Gasteiger partial charge is 0.294 e. The topological polar surface area (TPSA) is 77.3 Å². The zero-order valence-corrected chi connectivity index (χ0v) is 9.28. The lowest BCUT2D eigenvalue weighted by Gasteiger charge is -2.02. The van der Waals surface area contributed by atoms with Crippen LogP contribution in [0.2, 0.25) is 0 Å². The molecule has 0 radical (unpaired) electrons. The summed E-state index contributed by atoms with van der Waals surface area (Å²) >= 11 is 2.94. The van der Waals surface area contributed by atoms with Crippen LogP contribution in [0.15, 0.2) is 16.6 Å². The van der Waals surface area contributed by atoms with Gasteiger partial charge in [0, 0.05) is 5.56 Å². The number of halogens is 1. The van der Waals surface area contributed by atoms with E-state index < -0.39 is 10.7 Å². The monoisotopic (exact) mass is 271 g/mol. The van der Waals surface area contributed by atoms with Gasteiger partial charge >= 0.3 is 0 Å². The van der Waals surface area contributed by atoms with Crippen LogP contribution in [0.25, 0.3) is 0 Å². The molecule has 0 heterocycles. The molecule has 0 saturated carbocycles. The maximum absolute atomic E-state index is 11.1. The minimum Gasteiger partial charge on any atom is -0.298 e. The maximum atomic E-state index is 11.1. The highest BCUT2D eigenvalue weighted by Gasteiger charge is 2.23. The molecular formula is C9H6BrNO4. The number of nitro groups is 1. The third kappa shape index (κ3) is 2.10. The Balaban J connectivity index is 3.58. The summed E-state index contributed by atoms with van der Waals surface area (Å²) < 4.78 is 0.0372. The first kappa shape index (κ1) is 11.5. The van der Waals surface area contributed by atoms with Gasteiger partial charge in [-0.2, -0.15) is 0 Å². The molecule has 78 valence electrons. The molecule has 0 bridgehead atoms. The number of ketones is 1. The van der Waals surface area contributed by atoms with E-state index in [0.29, 0.717) is 6.29 Å². The number of carbonyl (C=O) groups is 2. The Labute approximate surface area is 93.4 Å². The van der Waals surface area contributed by atoms with E-state index in [1.807, 2.05) is 0 Å². The zero-order chi connectivity index (χ0) is 11.6. The fourth-order valence-electron chi connectivity index (χ4n) is 1.13. The predicted molar refractivity (Wildman–Crippen MR) is 56.2 cm³/mol. The van der Waals surface area contributed by atoms with Gasteiger partial charge < -0.3 is 0 Å². The third-order valence-electron chi connectivity index (χ3n) is 1.83. The molecule has 0 aliphatic carbocycles. The molecule has 6 heteroatoms. The standard InChI is InChI=1S/C9H6BrNO4/c1-5(13)7-3-2-6(4-12)8(10)9(7)11(14)15/h2-4H,1H3. The molecule has 0 amide bonds. The van der Waals surface area contributed by atoms with Crippen LogP contribution in [-0.2, 0) is 0 Å². The molecule has 0 unspecified atom stereocenters. The van der Waals surface area contributed by atoms with E-state index in [-0.39, 0.29) is 21.3 Å². The van der Waals surface area contributed by atoms with E-state index in [2.05, 4.69) is 15.9 Å². The highest BCUT2D eigenvalue weighted by molar-refractivity contribution is 9.10. The average molecular weight is 272 g/mol. The molecule has 0 atom stereocenters. The van der Waals surface area contributed by atoms with Crippen molar-refractivity contribution in [3.8, 4) is 0 Å². The first-order valence-corrected chi connectivity index (χ1v) is 4.71. The molecular weight excluding hydrogens is 266 g/mol. The van der Waals surface area contributed by atoms with Gasteiger partial charge in [-0.15, -0.1) is 0 Å². The molecule has 0 aliphatic heterocycles. The quantitative estimate of drug-likeness (QED) is 0.366. The molecule has 1 aromatic rings. The highest BCUT2D eigenvalue weighted by atomic mass is 79.9. The number of aldehydes is 1. The van der Waals surface area contributed by atoms with Crippen molar-refractivity contribution in [1.29, 1.82) is 0 Å². The van der Waals surface area contributed by atoms with Gasteiger partial charge in [-0.25, -0.2) is 0 Å². The summed E-state index contributed by atoms with van der Waals surface area (Å²) in [6.07, 6.45) is 0.487. The normalized spacial score (nSPS) is 9.73. The molecule has 15 heavy (non-hydrogen) atoms. The van der Waals surface area contributed by atoms with Gasteiger partial charge in [-0.05, 0) is 35.0 Å². The van der Waals surface area contributed by atoms with Crippen LogP contribution in [0.4, 0.5) is 5.69 Å². The van der Waals surface area contributed by atoms with Crippen LogP contribution in [0.5, 0.6) is 0 Å². The average Bonchev–Trinajstić information content (AvgIpc) is 2.16. The largest absolute Gasteiger partial charge is 0.298 e. The fourth-order valence-corrected chi connectivity index (χ4v) is 1.72. The van der Waals surface area contributed by atoms with Crippen molar-refractivity contribution >= 4 is 33.7 Å². The van der Waals surface area contributed by atoms with E-state index in [9.17, 15) is 19.7 Å². The third-order valence-corrected chi connectivity index (χ3v) is 2.67. The Morgan fingerprint density at radius 3 is 2.53 bits per heavy atom.